The Morgan fingerprint density at radius 3 is 2.69 bits per heavy atom. The van der Waals surface area contributed by atoms with Gasteiger partial charge in [0.25, 0.3) is 0 Å². The summed E-state index contributed by atoms with van der Waals surface area (Å²) in [5.74, 6) is -0.498. The Morgan fingerprint density at radius 1 is 1.50 bits per heavy atom. The number of carboxylic acids is 1. The van der Waals surface area contributed by atoms with E-state index in [2.05, 4.69) is 0 Å². The molecule has 0 aromatic heterocycles. The molecule has 1 aromatic carbocycles. The Balaban J connectivity index is 3.20. The molecular formula is C11H15NO4. The first-order chi connectivity index (χ1) is 7.61. The lowest BCUT2D eigenvalue weighted by Gasteiger charge is -2.15. The molecule has 0 spiro atoms. The van der Waals surface area contributed by atoms with Crippen LogP contribution in [0.1, 0.15) is 17.2 Å². The minimum absolute atomic E-state index is 0.264. The molecule has 0 aliphatic heterocycles. The maximum atomic E-state index is 10.8. The van der Waals surface area contributed by atoms with Crippen LogP contribution in [-0.2, 0) is 16.1 Å². The SMILES string of the molecule is COCc1c(OC)cccc1C(N)C(=O)O. The third-order valence-corrected chi connectivity index (χ3v) is 2.28. The molecule has 1 aromatic rings. The summed E-state index contributed by atoms with van der Waals surface area (Å²) in [4.78, 5) is 10.8. The standard InChI is InChI=1S/C11H15NO4/c1-15-6-8-7(10(12)11(13)14)4-3-5-9(8)16-2/h3-5,10H,6,12H2,1-2H3,(H,13,14). The molecule has 0 radical (unpaired) electrons. The van der Waals surface area contributed by atoms with Gasteiger partial charge in [-0.15, -0.1) is 0 Å². The van der Waals surface area contributed by atoms with Crippen LogP contribution < -0.4 is 10.5 Å². The summed E-state index contributed by atoms with van der Waals surface area (Å²) < 4.78 is 10.2. The van der Waals surface area contributed by atoms with Gasteiger partial charge in [0.2, 0.25) is 0 Å². The summed E-state index contributed by atoms with van der Waals surface area (Å²) in [5.41, 5.74) is 6.76. The van der Waals surface area contributed by atoms with Crippen molar-refractivity contribution in [2.24, 2.45) is 5.73 Å². The lowest BCUT2D eigenvalue weighted by molar-refractivity contribution is -0.138. The third-order valence-electron chi connectivity index (χ3n) is 2.28. The lowest BCUT2D eigenvalue weighted by Crippen LogP contribution is -2.22. The number of hydrogen-bond acceptors (Lipinski definition) is 4. The van der Waals surface area contributed by atoms with Crippen molar-refractivity contribution in [3.63, 3.8) is 0 Å². The quantitative estimate of drug-likeness (QED) is 0.778. The van der Waals surface area contributed by atoms with Gasteiger partial charge in [-0.2, -0.15) is 0 Å². The number of hydrogen-bond donors (Lipinski definition) is 2. The van der Waals surface area contributed by atoms with Crippen LogP contribution >= 0.6 is 0 Å². The Bertz CT molecular complexity index is 378. The third kappa shape index (κ3) is 2.50. The molecule has 0 heterocycles. The number of aliphatic carboxylic acids is 1. The summed E-state index contributed by atoms with van der Waals surface area (Å²) in [7, 11) is 3.05. The van der Waals surface area contributed by atoms with Crippen molar-refractivity contribution in [3.05, 3.63) is 29.3 Å². The molecule has 0 bridgehead atoms. The smallest absolute Gasteiger partial charge is 0.325 e. The van der Waals surface area contributed by atoms with Gasteiger partial charge >= 0.3 is 5.97 Å². The summed E-state index contributed by atoms with van der Waals surface area (Å²) in [5, 5.41) is 8.89. The number of rotatable bonds is 5. The zero-order valence-corrected chi connectivity index (χ0v) is 9.27. The van der Waals surface area contributed by atoms with Crippen LogP contribution in [0.5, 0.6) is 5.75 Å². The van der Waals surface area contributed by atoms with Crippen molar-refractivity contribution >= 4 is 5.97 Å². The van der Waals surface area contributed by atoms with Gasteiger partial charge in [0, 0.05) is 12.7 Å². The Kier molecular flexibility index (Phi) is 4.28. The van der Waals surface area contributed by atoms with Crippen LogP contribution in [0.2, 0.25) is 0 Å². The van der Waals surface area contributed by atoms with Crippen LogP contribution in [-0.4, -0.2) is 25.3 Å². The van der Waals surface area contributed by atoms with Gasteiger partial charge in [-0.3, -0.25) is 4.79 Å². The highest BCUT2D eigenvalue weighted by Gasteiger charge is 2.20. The zero-order valence-electron chi connectivity index (χ0n) is 9.27. The fraction of sp³-hybridized carbons (Fsp3) is 0.364. The van der Waals surface area contributed by atoms with Crippen molar-refractivity contribution in [3.8, 4) is 5.75 Å². The van der Waals surface area contributed by atoms with E-state index in [1.54, 1.807) is 18.2 Å². The monoisotopic (exact) mass is 225 g/mol. The van der Waals surface area contributed by atoms with Crippen molar-refractivity contribution in [1.29, 1.82) is 0 Å². The molecule has 1 atom stereocenters. The molecule has 5 nitrogen and oxygen atoms in total. The molecule has 1 rings (SSSR count). The number of methoxy groups -OCH3 is 2. The average molecular weight is 225 g/mol. The molecular weight excluding hydrogens is 210 g/mol. The van der Waals surface area contributed by atoms with Crippen LogP contribution in [0, 0.1) is 0 Å². The minimum atomic E-state index is -1.08. The maximum Gasteiger partial charge on any atom is 0.325 e. The molecule has 88 valence electrons. The highest BCUT2D eigenvalue weighted by Crippen LogP contribution is 2.26. The van der Waals surface area contributed by atoms with E-state index in [4.69, 9.17) is 20.3 Å². The fourth-order valence-electron chi connectivity index (χ4n) is 1.50. The van der Waals surface area contributed by atoms with Gasteiger partial charge < -0.3 is 20.3 Å². The predicted octanol–water partition coefficient (Wildman–Crippen LogP) is 0.926. The van der Waals surface area contributed by atoms with Crippen molar-refractivity contribution in [2.45, 2.75) is 12.6 Å². The summed E-state index contributed by atoms with van der Waals surface area (Å²) >= 11 is 0. The van der Waals surface area contributed by atoms with E-state index in [0.29, 0.717) is 16.9 Å². The normalized spacial score (nSPS) is 12.2. The molecule has 16 heavy (non-hydrogen) atoms. The first kappa shape index (κ1) is 12.5. The molecule has 0 saturated carbocycles. The van der Waals surface area contributed by atoms with Gasteiger partial charge in [0.15, 0.2) is 0 Å². The number of carbonyl (C=O) groups is 1. The van der Waals surface area contributed by atoms with E-state index in [1.807, 2.05) is 0 Å². The highest BCUT2D eigenvalue weighted by atomic mass is 16.5. The largest absolute Gasteiger partial charge is 0.496 e. The van der Waals surface area contributed by atoms with Crippen molar-refractivity contribution < 1.29 is 19.4 Å². The van der Waals surface area contributed by atoms with Crippen molar-refractivity contribution in [2.75, 3.05) is 14.2 Å². The molecule has 1 unspecified atom stereocenters. The average Bonchev–Trinajstić information content (AvgIpc) is 2.28. The van der Waals surface area contributed by atoms with Gasteiger partial charge in [-0.05, 0) is 11.6 Å². The van der Waals surface area contributed by atoms with E-state index >= 15 is 0 Å². The zero-order chi connectivity index (χ0) is 12.1. The molecule has 5 heteroatoms. The van der Waals surface area contributed by atoms with Gasteiger partial charge in [0.1, 0.15) is 11.8 Å². The Hall–Kier alpha value is -1.59. The second-order valence-electron chi connectivity index (χ2n) is 3.28. The Labute approximate surface area is 93.8 Å². The van der Waals surface area contributed by atoms with E-state index < -0.39 is 12.0 Å². The number of carboxylic acid groups (broad SMARTS) is 1. The molecule has 0 saturated heterocycles. The van der Waals surface area contributed by atoms with Crippen LogP contribution in [0.4, 0.5) is 0 Å². The van der Waals surface area contributed by atoms with E-state index in [9.17, 15) is 4.79 Å². The first-order valence-corrected chi connectivity index (χ1v) is 4.75. The number of ether oxygens (including phenoxy) is 2. The molecule has 0 fully saturated rings. The van der Waals surface area contributed by atoms with Gasteiger partial charge in [0.05, 0.1) is 13.7 Å². The summed E-state index contributed by atoms with van der Waals surface area (Å²) in [6.45, 7) is 0.264. The van der Waals surface area contributed by atoms with E-state index in [-0.39, 0.29) is 6.61 Å². The predicted molar refractivity (Wildman–Crippen MR) is 58.3 cm³/mol. The second-order valence-corrected chi connectivity index (χ2v) is 3.28. The maximum absolute atomic E-state index is 10.8. The van der Waals surface area contributed by atoms with Gasteiger partial charge in [-0.25, -0.2) is 0 Å². The summed E-state index contributed by atoms with van der Waals surface area (Å²) in [6.07, 6.45) is 0. The van der Waals surface area contributed by atoms with Crippen LogP contribution in [0.15, 0.2) is 18.2 Å². The number of nitrogens with two attached hydrogens (primary N) is 1. The highest BCUT2D eigenvalue weighted by molar-refractivity contribution is 5.76. The molecule has 0 aliphatic carbocycles. The van der Waals surface area contributed by atoms with E-state index in [0.717, 1.165) is 0 Å². The topological polar surface area (TPSA) is 81.8 Å². The molecule has 3 N–H and O–H groups in total. The summed E-state index contributed by atoms with van der Waals surface area (Å²) in [6, 6.07) is 4.04. The van der Waals surface area contributed by atoms with E-state index in [1.165, 1.54) is 14.2 Å². The van der Waals surface area contributed by atoms with Crippen molar-refractivity contribution in [1.82, 2.24) is 0 Å². The molecule has 0 aliphatic rings. The molecule has 0 amide bonds. The van der Waals surface area contributed by atoms with Crippen LogP contribution in [0.3, 0.4) is 0 Å². The van der Waals surface area contributed by atoms with Gasteiger partial charge in [-0.1, -0.05) is 12.1 Å². The number of benzene rings is 1. The van der Waals surface area contributed by atoms with Crippen LogP contribution in [0.25, 0.3) is 0 Å². The Morgan fingerprint density at radius 2 is 2.19 bits per heavy atom. The lowest BCUT2D eigenvalue weighted by atomic mass is 10.0. The minimum Gasteiger partial charge on any atom is -0.496 e. The first-order valence-electron chi connectivity index (χ1n) is 4.75. The fourth-order valence-corrected chi connectivity index (χ4v) is 1.50. The second kappa shape index (κ2) is 5.48.